The molecule has 0 bridgehead atoms. The van der Waals surface area contributed by atoms with E-state index in [1.165, 1.54) is 18.5 Å². The predicted octanol–water partition coefficient (Wildman–Crippen LogP) is 2.35. The van der Waals surface area contributed by atoms with Gasteiger partial charge in [-0.25, -0.2) is 4.98 Å². The van der Waals surface area contributed by atoms with Crippen molar-refractivity contribution in [3.63, 3.8) is 0 Å². The summed E-state index contributed by atoms with van der Waals surface area (Å²) in [5.74, 6) is 1.06. The molecule has 4 rings (SSSR count). The molecule has 6 heteroatoms. The van der Waals surface area contributed by atoms with E-state index in [0.29, 0.717) is 26.3 Å². The Morgan fingerprint density at radius 2 is 2.28 bits per heavy atom. The van der Waals surface area contributed by atoms with Crippen molar-refractivity contribution in [1.82, 2.24) is 19.4 Å². The molecule has 1 fully saturated rings. The topological polar surface area (TPSA) is 60.2 Å². The molecule has 6 nitrogen and oxygen atoms in total. The molecule has 2 aliphatic rings. The third-order valence-electron chi connectivity index (χ3n) is 5.03. The van der Waals surface area contributed by atoms with Gasteiger partial charge in [0.05, 0.1) is 31.8 Å². The maximum atomic E-state index is 11.9. The lowest BCUT2D eigenvalue weighted by molar-refractivity contribution is -0.130. The van der Waals surface area contributed by atoms with E-state index in [1.54, 1.807) is 13.1 Å². The zero-order valence-corrected chi connectivity index (χ0v) is 14.6. The van der Waals surface area contributed by atoms with Crippen molar-refractivity contribution in [2.45, 2.75) is 45.4 Å². The molecule has 3 heterocycles. The SMILES string of the molecule is CC(=O)N1Cc2ncn(CC3CC3)c2[C@@H](COCc2cccnc2)C1. The van der Waals surface area contributed by atoms with Crippen LogP contribution in [0, 0.1) is 5.92 Å². The number of carbonyl (C=O) groups excluding carboxylic acids is 1. The number of amides is 1. The Labute approximate surface area is 147 Å². The van der Waals surface area contributed by atoms with Crippen LogP contribution >= 0.6 is 0 Å². The van der Waals surface area contributed by atoms with Crippen LogP contribution in [0.5, 0.6) is 0 Å². The minimum Gasteiger partial charge on any atom is -0.376 e. The van der Waals surface area contributed by atoms with Gasteiger partial charge in [0.1, 0.15) is 0 Å². The average molecular weight is 340 g/mol. The molecule has 132 valence electrons. The van der Waals surface area contributed by atoms with Gasteiger partial charge in [-0.2, -0.15) is 0 Å². The van der Waals surface area contributed by atoms with Gasteiger partial charge in [-0.05, 0) is 30.4 Å². The molecular weight excluding hydrogens is 316 g/mol. The van der Waals surface area contributed by atoms with E-state index < -0.39 is 0 Å². The van der Waals surface area contributed by atoms with Gasteiger partial charge < -0.3 is 14.2 Å². The highest BCUT2D eigenvalue weighted by Crippen LogP contribution is 2.34. The molecule has 0 saturated heterocycles. The van der Waals surface area contributed by atoms with Crippen molar-refractivity contribution in [2.24, 2.45) is 5.92 Å². The molecular formula is C19H24N4O2. The summed E-state index contributed by atoms with van der Waals surface area (Å²) in [6.45, 7) is 5.10. The van der Waals surface area contributed by atoms with E-state index >= 15 is 0 Å². The number of ether oxygens (including phenoxy) is 1. The molecule has 0 aromatic carbocycles. The van der Waals surface area contributed by atoms with Gasteiger partial charge in [-0.15, -0.1) is 0 Å². The van der Waals surface area contributed by atoms with Crippen molar-refractivity contribution in [2.75, 3.05) is 13.2 Å². The zero-order chi connectivity index (χ0) is 17.2. The predicted molar refractivity (Wildman–Crippen MR) is 92.7 cm³/mol. The molecule has 1 atom stereocenters. The zero-order valence-electron chi connectivity index (χ0n) is 14.6. The van der Waals surface area contributed by atoms with Crippen LogP contribution in [-0.2, 0) is 29.2 Å². The van der Waals surface area contributed by atoms with Gasteiger partial charge in [0.2, 0.25) is 5.91 Å². The van der Waals surface area contributed by atoms with E-state index in [0.717, 1.165) is 23.7 Å². The standard InChI is InChI=1S/C19H24N4O2/c1-14(24)22-9-17(12-25-11-16-3-2-6-20-7-16)19-18(10-22)21-13-23(19)8-15-4-5-15/h2-3,6-7,13,15,17H,4-5,8-12H2,1H3/t17-/m1/s1. The van der Waals surface area contributed by atoms with Gasteiger partial charge in [0.25, 0.3) is 0 Å². The second kappa shape index (κ2) is 6.96. The summed E-state index contributed by atoms with van der Waals surface area (Å²) in [4.78, 5) is 22.5. The van der Waals surface area contributed by atoms with Crippen molar-refractivity contribution >= 4 is 5.91 Å². The Kier molecular flexibility index (Phi) is 4.53. The van der Waals surface area contributed by atoms with Gasteiger partial charge in [-0.1, -0.05) is 6.07 Å². The molecule has 0 N–H and O–H groups in total. The number of pyridine rings is 1. The number of aromatic nitrogens is 3. The number of hydrogen-bond acceptors (Lipinski definition) is 4. The van der Waals surface area contributed by atoms with Crippen LogP contribution in [0.1, 0.15) is 42.6 Å². The van der Waals surface area contributed by atoms with Crippen molar-refractivity contribution < 1.29 is 9.53 Å². The largest absolute Gasteiger partial charge is 0.376 e. The summed E-state index contributed by atoms with van der Waals surface area (Å²) in [6.07, 6.45) is 8.16. The first-order chi connectivity index (χ1) is 12.2. The summed E-state index contributed by atoms with van der Waals surface area (Å²) < 4.78 is 8.26. The highest BCUT2D eigenvalue weighted by Gasteiger charge is 2.32. The van der Waals surface area contributed by atoms with Crippen LogP contribution < -0.4 is 0 Å². The Morgan fingerprint density at radius 3 is 3.00 bits per heavy atom. The molecule has 25 heavy (non-hydrogen) atoms. The molecule has 0 unspecified atom stereocenters. The smallest absolute Gasteiger partial charge is 0.219 e. The minimum atomic E-state index is 0.0969. The number of fused-ring (bicyclic) bond motifs is 1. The number of rotatable bonds is 6. The first-order valence-corrected chi connectivity index (χ1v) is 8.96. The second-order valence-corrected chi connectivity index (χ2v) is 7.15. The fourth-order valence-electron chi connectivity index (χ4n) is 3.52. The molecule has 1 amide bonds. The molecule has 1 saturated carbocycles. The van der Waals surface area contributed by atoms with Crippen LogP contribution in [0.3, 0.4) is 0 Å². The van der Waals surface area contributed by atoms with Gasteiger partial charge in [0, 0.05) is 44.0 Å². The molecule has 0 spiro atoms. The number of imidazole rings is 1. The highest BCUT2D eigenvalue weighted by molar-refractivity contribution is 5.73. The Balaban J connectivity index is 1.48. The molecule has 1 aliphatic carbocycles. The van der Waals surface area contributed by atoms with Crippen LogP contribution in [0.4, 0.5) is 0 Å². The maximum Gasteiger partial charge on any atom is 0.219 e. The number of carbonyl (C=O) groups is 1. The molecule has 1 aliphatic heterocycles. The second-order valence-electron chi connectivity index (χ2n) is 7.15. The minimum absolute atomic E-state index is 0.0969. The third kappa shape index (κ3) is 3.74. The van der Waals surface area contributed by atoms with Gasteiger partial charge in [0.15, 0.2) is 0 Å². The summed E-state index contributed by atoms with van der Waals surface area (Å²) in [5, 5.41) is 0. The molecule has 0 radical (unpaired) electrons. The quantitative estimate of drug-likeness (QED) is 0.810. The van der Waals surface area contributed by atoms with Crippen LogP contribution in [0.15, 0.2) is 30.9 Å². The molecule has 2 aromatic heterocycles. The normalized spacial score (nSPS) is 19.7. The highest BCUT2D eigenvalue weighted by atomic mass is 16.5. The number of hydrogen-bond donors (Lipinski definition) is 0. The summed E-state index contributed by atoms with van der Waals surface area (Å²) in [6, 6.07) is 3.93. The fraction of sp³-hybridized carbons (Fsp3) is 0.526. The molecule has 2 aromatic rings. The van der Waals surface area contributed by atoms with E-state index in [4.69, 9.17) is 4.74 Å². The van der Waals surface area contributed by atoms with E-state index in [9.17, 15) is 4.79 Å². The lowest BCUT2D eigenvalue weighted by Crippen LogP contribution is -2.39. The average Bonchev–Trinajstić information content (AvgIpc) is 3.34. The van der Waals surface area contributed by atoms with Gasteiger partial charge >= 0.3 is 0 Å². The van der Waals surface area contributed by atoms with Crippen LogP contribution in [-0.4, -0.2) is 38.5 Å². The van der Waals surface area contributed by atoms with Crippen molar-refractivity contribution in [3.05, 3.63) is 47.8 Å². The van der Waals surface area contributed by atoms with Crippen LogP contribution in [0.25, 0.3) is 0 Å². The summed E-state index contributed by atoms with van der Waals surface area (Å²) in [7, 11) is 0. The van der Waals surface area contributed by atoms with Gasteiger partial charge in [-0.3, -0.25) is 9.78 Å². The Morgan fingerprint density at radius 1 is 1.40 bits per heavy atom. The Hall–Kier alpha value is -2.21. The summed E-state index contributed by atoms with van der Waals surface area (Å²) >= 11 is 0. The summed E-state index contributed by atoms with van der Waals surface area (Å²) in [5.41, 5.74) is 3.35. The van der Waals surface area contributed by atoms with E-state index in [2.05, 4.69) is 14.5 Å². The van der Waals surface area contributed by atoms with Crippen molar-refractivity contribution in [3.8, 4) is 0 Å². The Bertz CT molecular complexity index is 739. The lowest BCUT2D eigenvalue weighted by Gasteiger charge is -2.32. The van der Waals surface area contributed by atoms with Crippen molar-refractivity contribution in [1.29, 1.82) is 0 Å². The third-order valence-corrected chi connectivity index (χ3v) is 5.03. The lowest BCUT2D eigenvalue weighted by atomic mass is 9.98. The first-order valence-electron chi connectivity index (χ1n) is 8.96. The monoisotopic (exact) mass is 340 g/mol. The van der Waals surface area contributed by atoms with E-state index in [1.807, 2.05) is 29.6 Å². The van der Waals surface area contributed by atoms with Crippen LogP contribution in [0.2, 0.25) is 0 Å². The first kappa shape index (κ1) is 16.3. The fourth-order valence-corrected chi connectivity index (χ4v) is 3.52. The maximum absolute atomic E-state index is 11.9. The number of nitrogens with zero attached hydrogens (tertiary/aromatic N) is 4. The van der Waals surface area contributed by atoms with E-state index in [-0.39, 0.29) is 11.8 Å².